The molecule has 2 heterocycles. The van der Waals surface area contributed by atoms with Crippen LogP contribution in [0.4, 0.5) is 5.82 Å². The van der Waals surface area contributed by atoms with E-state index in [1.807, 2.05) is 4.57 Å². The van der Waals surface area contributed by atoms with E-state index in [-0.39, 0.29) is 11.7 Å². The van der Waals surface area contributed by atoms with Crippen molar-refractivity contribution in [1.29, 1.82) is 0 Å². The highest BCUT2D eigenvalue weighted by molar-refractivity contribution is 14.1. The lowest BCUT2D eigenvalue weighted by atomic mass is 9.93. The molecule has 0 saturated heterocycles. The van der Waals surface area contributed by atoms with Crippen molar-refractivity contribution in [3.8, 4) is 0 Å². The maximum atomic E-state index is 12.1. The summed E-state index contributed by atoms with van der Waals surface area (Å²) < 4.78 is 2.42. The summed E-state index contributed by atoms with van der Waals surface area (Å²) in [4.78, 5) is 25.6. The van der Waals surface area contributed by atoms with Gasteiger partial charge in [0.1, 0.15) is 11.9 Å². The van der Waals surface area contributed by atoms with Crippen LogP contribution in [0.1, 0.15) is 38.6 Å². The molecular weight excluding hydrogens is 449 g/mol. The first-order valence-electron chi connectivity index (χ1n) is 8.97. The van der Waals surface area contributed by atoms with Gasteiger partial charge in [0.05, 0.1) is 23.9 Å². The monoisotopic (exact) mass is 469 g/mol. The minimum absolute atomic E-state index is 0.0579. The Hall–Kier alpha value is -1.33. The van der Waals surface area contributed by atoms with Crippen molar-refractivity contribution >= 4 is 45.4 Å². The minimum atomic E-state index is -1.04. The molecule has 8 nitrogen and oxygen atoms in total. The van der Waals surface area contributed by atoms with E-state index in [1.54, 1.807) is 6.33 Å². The average molecular weight is 469 g/mol. The topological polar surface area (TPSA) is 113 Å². The van der Waals surface area contributed by atoms with Crippen LogP contribution in [-0.4, -0.2) is 53.8 Å². The number of carbonyl (C=O) groups excluding carboxylic acids is 1. The van der Waals surface area contributed by atoms with Crippen LogP contribution in [0, 0.1) is 15.2 Å². The largest absolute Gasteiger partial charge is 0.389 e. The van der Waals surface area contributed by atoms with Crippen LogP contribution < -0.4 is 5.32 Å². The Labute approximate surface area is 163 Å². The number of imidazole rings is 1. The normalized spacial score (nSPS) is 36.0. The quantitative estimate of drug-likeness (QED) is 0.457. The Morgan fingerprint density at radius 3 is 2.77 bits per heavy atom. The number of halogens is 1. The highest BCUT2D eigenvalue weighted by Gasteiger charge is 2.74. The van der Waals surface area contributed by atoms with Gasteiger partial charge in [0, 0.05) is 28.6 Å². The summed E-state index contributed by atoms with van der Waals surface area (Å²) in [6.07, 6.45) is 3.67. The number of Topliss-reactive ketones (excluding diaryl/α,β-unsaturated/α-hetero) is 1. The standard InChI is InChI=1S/C17H20IN5O3/c1-7(24)17-5-9(17)11(12(25)13(17)26)23-6-19-10-14(20-8-3-2-4-8)21-16(18)22-15(10)23/h6,8-9,11-13,25-26H,2-5H2,1H3,(H,20,21,22)/t9?,11-,12+,13?,17-/m1/s1. The SMILES string of the molecule is CC(=O)[C@]12CC1[C@@H](n1cnc3c(NC4CCC4)nc(I)nc31)[C@H](O)C2O. The zero-order chi connectivity index (χ0) is 18.2. The fraction of sp³-hybridized carbons (Fsp3) is 0.647. The van der Waals surface area contributed by atoms with Gasteiger partial charge in [-0.05, 0) is 38.5 Å². The molecule has 3 aliphatic rings. The fourth-order valence-corrected chi connectivity index (χ4v) is 5.20. The molecule has 3 N–H and O–H groups in total. The summed E-state index contributed by atoms with van der Waals surface area (Å²) in [6, 6.07) is 0.0166. The lowest BCUT2D eigenvalue weighted by Crippen LogP contribution is -2.36. The molecule has 2 aromatic heterocycles. The molecular formula is C17H20IN5O3. The van der Waals surface area contributed by atoms with Gasteiger partial charge in [-0.3, -0.25) is 4.79 Å². The number of aliphatic hydroxyl groups is 2. The molecule has 0 aromatic carbocycles. The lowest BCUT2D eigenvalue weighted by molar-refractivity contribution is -0.128. The smallest absolute Gasteiger partial charge is 0.194 e. The maximum absolute atomic E-state index is 12.1. The Bertz CT molecular complexity index is 913. The first-order valence-corrected chi connectivity index (χ1v) is 10.0. The predicted octanol–water partition coefficient (Wildman–Crippen LogP) is 1.27. The van der Waals surface area contributed by atoms with Crippen LogP contribution in [0.2, 0.25) is 0 Å². The first-order chi connectivity index (χ1) is 12.4. The molecule has 0 aliphatic heterocycles. The number of aromatic nitrogens is 4. The van der Waals surface area contributed by atoms with Gasteiger partial charge in [-0.1, -0.05) is 0 Å². The number of fused-ring (bicyclic) bond motifs is 2. The number of ketones is 1. The second-order valence-corrected chi connectivity index (χ2v) is 8.74. The molecule has 3 aliphatic carbocycles. The summed E-state index contributed by atoms with van der Waals surface area (Å²) in [5.74, 6) is 0.570. The molecule has 5 atom stereocenters. The Balaban J connectivity index is 1.57. The third-order valence-electron chi connectivity index (χ3n) is 6.49. The van der Waals surface area contributed by atoms with Crippen LogP contribution >= 0.6 is 22.6 Å². The van der Waals surface area contributed by atoms with E-state index in [0.29, 0.717) is 33.3 Å². The van der Waals surface area contributed by atoms with Gasteiger partial charge < -0.3 is 20.1 Å². The van der Waals surface area contributed by atoms with Gasteiger partial charge in [0.25, 0.3) is 0 Å². The van der Waals surface area contributed by atoms with Crippen LogP contribution in [0.3, 0.4) is 0 Å². The summed E-state index contributed by atoms with van der Waals surface area (Å²) in [7, 11) is 0. The second-order valence-electron chi connectivity index (χ2n) is 7.77. The van der Waals surface area contributed by atoms with E-state index in [1.165, 1.54) is 13.3 Å². The molecule has 5 rings (SSSR count). The van der Waals surface area contributed by atoms with Crippen LogP contribution in [0.5, 0.6) is 0 Å². The van der Waals surface area contributed by atoms with Crippen molar-refractivity contribution in [3.05, 3.63) is 10.2 Å². The van der Waals surface area contributed by atoms with E-state index in [4.69, 9.17) is 0 Å². The Morgan fingerprint density at radius 2 is 2.15 bits per heavy atom. The molecule has 0 bridgehead atoms. The zero-order valence-electron chi connectivity index (χ0n) is 14.3. The van der Waals surface area contributed by atoms with Crippen molar-refractivity contribution < 1.29 is 15.0 Å². The molecule has 9 heteroatoms. The summed E-state index contributed by atoms with van der Waals surface area (Å²) in [6.45, 7) is 1.50. The molecule has 0 amide bonds. The van der Waals surface area contributed by atoms with Crippen molar-refractivity contribution in [2.24, 2.45) is 11.3 Å². The number of carbonyl (C=O) groups is 1. The molecule has 0 radical (unpaired) electrons. The fourth-order valence-electron chi connectivity index (χ4n) is 4.73. The molecule has 26 heavy (non-hydrogen) atoms. The molecule has 138 valence electrons. The number of rotatable bonds is 4. The second kappa shape index (κ2) is 5.59. The Kier molecular flexibility index (Phi) is 3.61. The summed E-state index contributed by atoms with van der Waals surface area (Å²) in [5.41, 5.74) is 0.488. The van der Waals surface area contributed by atoms with E-state index >= 15 is 0 Å². The lowest BCUT2D eigenvalue weighted by Gasteiger charge is -2.27. The third-order valence-corrected chi connectivity index (χ3v) is 6.97. The van der Waals surface area contributed by atoms with Gasteiger partial charge in [-0.15, -0.1) is 0 Å². The molecule has 3 saturated carbocycles. The summed E-state index contributed by atoms with van der Waals surface area (Å²) >= 11 is 2.08. The molecule has 3 fully saturated rings. The number of aliphatic hydroxyl groups excluding tert-OH is 2. The van der Waals surface area contributed by atoms with E-state index in [0.717, 1.165) is 12.8 Å². The minimum Gasteiger partial charge on any atom is -0.389 e. The van der Waals surface area contributed by atoms with Crippen LogP contribution in [0.15, 0.2) is 6.33 Å². The van der Waals surface area contributed by atoms with Crippen LogP contribution in [0.25, 0.3) is 11.2 Å². The third kappa shape index (κ3) is 2.13. The highest BCUT2D eigenvalue weighted by atomic mass is 127. The van der Waals surface area contributed by atoms with Gasteiger partial charge in [0.2, 0.25) is 0 Å². The van der Waals surface area contributed by atoms with Gasteiger partial charge in [-0.25, -0.2) is 15.0 Å². The number of anilines is 1. The van der Waals surface area contributed by atoms with Crippen molar-refractivity contribution in [2.75, 3.05) is 5.32 Å². The molecule has 0 spiro atoms. The maximum Gasteiger partial charge on any atom is 0.194 e. The number of nitrogens with one attached hydrogen (secondary N) is 1. The summed E-state index contributed by atoms with van der Waals surface area (Å²) in [5, 5.41) is 24.5. The van der Waals surface area contributed by atoms with Gasteiger partial charge >= 0.3 is 0 Å². The number of hydrogen-bond donors (Lipinski definition) is 3. The van der Waals surface area contributed by atoms with Crippen molar-refractivity contribution in [1.82, 2.24) is 19.5 Å². The Morgan fingerprint density at radius 1 is 1.38 bits per heavy atom. The average Bonchev–Trinajstić information content (AvgIpc) is 3.10. The van der Waals surface area contributed by atoms with Gasteiger partial charge in [-0.2, -0.15) is 0 Å². The van der Waals surface area contributed by atoms with E-state index < -0.39 is 23.7 Å². The molecule has 2 aromatic rings. The van der Waals surface area contributed by atoms with Crippen molar-refractivity contribution in [2.45, 2.75) is 56.9 Å². The van der Waals surface area contributed by atoms with E-state index in [9.17, 15) is 15.0 Å². The van der Waals surface area contributed by atoms with E-state index in [2.05, 4.69) is 42.9 Å². The first kappa shape index (κ1) is 16.8. The van der Waals surface area contributed by atoms with Gasteiger partial charge in [0.15, 0.2) is 20.8 Å². The predicted molar refractivity (Wildman–Crippen MR) is 102 cm³/mol. The zero-order valence-corrected chi connectivity index (χ0v) is 16.4. The highest BCUT2D eigenvalue weighted by Crippen LogP contribution is 2.68. The number of nitrogens with zero attached hydrogens (tertiary/aromatic N) is 4. The van der Waals surface area contributed by atoms with Crippen LogP contribution in [-0.2, 0) is 4.79 Å². The van der Waals surface area contributed by atoms with Crippen molar-refractivity contribution in [3.63, 3.8) is 0 Å². The number of hydrogen-bond acceptors (Lipinski definition) is 7. The molecule has 2 unspecified atom stereocenters.